The summed E-state index contributed by atoms with van der Waals surface area (Å²) >= 11 is 0. The number of ether oxygens (including phenoxy) is 2. The number of hydrogen-bond acceptors (Lipinski definition) is 11. The third kappa shape index (κ3) is 9.49. The van der Waals surface area contributed by atoms with Crippen molar-refractivity contribution in [3.8, 4) is 0 Å². The van der Waals surface area contributed by atoms with Gasteiger partial charge in [-0.1, -0.05) is 84.9 Å². The van der Waals surface area contributed by atoms with Crippen LogP contribution in [0, 0.1) is 61.0 Å². The summed E-state index contributed by atoms with van der Waals surface area (Å²) in [5.41, 5.74) is -0.774. The van der Waals surface area contributed by atoms with Gasteiger partial charge in [0.1, 0.15) is 22.7 Å². The van der Waals surface area contributed by atoms with Gasteiger partial charge < -0.3 is 30.3 Å². The minimum absolute atomic E-state index is 0.0113. The van der Waals surface area contributed by atoms with E-state index in [-0.39, 0.29) is 62.8 Å². The van der Waals surface area contributed by atoms with Gasteiger partial charge in [-0.15, -0.1) is 0 Å². The number of ketones is 3. The van der Waals surface area contributed by atoms with Gasteiger partial charge in [-0.3, -0.25) is 24.2 Å². The zero-order valence-electron chi connectivity index (χ0n) is 41.3. The summed E-state index contributed by atoms with van der Waals surface area (Å²) in [4.78, 5) is 52.5. The predicted octanol–water partition coefficient (Wildman–Crippen LogP) is 6.63. The lowest BCUT2D eigenvalue weighted by Crippen LogP contribution is -2.81. The number of piperidine rings is 4. The number of halogens is 2. The number of aliphatic hydroxyl groups excluding tert-OH is 2. The normalized spacial score (nSPS) is 29.9. The SMILES string of the molecule is COCCN1C[C@H](C(=O)c2ccccc2)[C@@H](c2cccc(F)c2C)[C@H]([C@@H]2CCCNC2)[C@@]1(CO)C(=O)[C@]1(CO)[C@@H]([C@H]2CCCNC2)[C@H](c2cccc(F)c2C)[C@@H](C(=O)c2ccccc2)CN1CCOC. The Balaban J connectivity index is 1.45. The highest BCUT2D eigenvalue weighted by Crippen LogP contribution is 2.59. The molecule has 4 aliphatic rings. The first-order chi connectivity index (χ1) is 34.0. The number of nitrogens with zero attached hydrogens (tertiary/aromatic N) is 2. The van der Waals surface area contributed by atoms with E-state index in [4.69, 9.17) is 9.47 Å². The molecular weight excluding hydrogens is 891 g/mol. The fourth-order valence-electron chi connectivity index (χ4n) is 13.7. The molecule has 11 nitrogen and oxygen atoms in total. The largest absolute Gasteiger partial charge is 0.394 e. The molecule has 4 aromatic carbocycles. The van der Waals surface area contributed by atoms with Crippen molar-refractivity contribution in [2.24, 2.45) is 35.5 Å². The molecule has 4 fully saturated rings. The van der Waals surface area contributed by atoms with Crippen LogP contribution in [0.5, 0.6) is 0 Å². The lowest BCUT2D eigenvalue weighted by Gasteiger charge is -2.64. The van der Waals surface area contributed by atoms with Crippen molar-refractivity contribution in [2.75, 3.05) is 93.0 Å². The van der Waals surface area contributed by atoms with Crippen LogP contribution in [0.4, 0.5) is 8.78 Å². The van der Waals surface area contributed by atoms with Crippen LogP contribution < -0.4 is 10.6 Å². The van der Waals surface area contributed by atoms with E-state index < -0.39 is 77.2 Å². The van der Waals surface area contributed by atoms with Crippen molar-refractivity contribution < 1.29 is 42.9 Å². The van der Waals surface area contributed by atoms with E-state index in [1.165, 1.54) is 12.1 Å². The van der Waals surface area contributed by atoms with E-state index in [0.717, 1.165) is 25.9 Å². The molecule has 0 bridgehead atoms. The highest BCUT2D eigenvalue weighted by Gasteiger charge is 2.70. The summed E-state index contributed by atoms with van der Waals surface area (Å²) in [5.74, 6) is -7.06. The number of likely N-dealkylation sites (tertiary alicyclic amines) is 2. The quantitative estimate of drug-likeness (QED) is 0.0800. The average molecular weight is 963 g/mol. The van der Waals surface area contributed by atoms with Crippen LogP contribution in [0.3, 0.4) is 0 Å². The number of hydrogen-bond donors (Lipinski definition) is 4. The van der Waals surface area contributed by atoms with Gasteiger partial charge in [0.25, 0.3) is 0 Å². The van der Waals surface area contributed by atoms with Crippen LogP contribution >= 0.6 is 0 Å². The second-order valence-electron chi connectivity index (χ2n) is 20.3. The number of carbonyl (C=O) groups is 3. The number of benzene rings is 4. The molecule has 4 heterocycles. The molecule has 0 amide bonds. The summed E-state index contributed by atoms with van der Waals surface area (Å²) in [6, 6.07) is 28.0. The van der Waals surface area contributed by atoms with Crippen molar-refractivity contribution in [1.82, 2.24) is 20.4 Å². The topological polar surface area (TPSA) is 141 Å². The molecule has 4 N–H and O–H groups in total. The Morgan fingerprint density at radius 1 is 0.614 bits per heavy atom. The molecule has 70 heavy (non-hydrogen) atoms. The maximum absolute atomic E-state index is 17.8. The van der Waals surface area contributed by atoms with Crippen LogP contribution in [0.25, 0.3) is 0 Å². The van der Waals surface area contributed by atoms with Crippen molar-refractivity contribution >= 4 is 17.3 Å². The van der Waals surface area contributed by atoms with E-state index in [9.17, 15) is 10.2 Å². The number of methoxy groups -OCH3 is 2. The average Bonchev–Trinajstić information content (AvgIpc) is 3.40. The van der Waals surface area contributed by atoms with Crippen LogP contribution in [-0.2, 0) is 14.3 Å². The smallest absolute Gasteiger partial charge is 0.178 e. The second kappa shape index (κ2) is 22.9. The van der Waals surface area contributed by atoms with E-state index in [2.05, 4.69) is 10.6 Å². The van der Waals surface area contributed by atoms with Gasteiger partial charge >= 0.3 is 0 Å². The number of rotatable bonds is 18. The first-order valence-electron chi connectivity index (χ1n) is 25.3. The Morgan fingerprint density at radius 2 is 1.01 bits per heavy atom. The fraction of sp³-hybridized carbons (Fsp3) is 0.526. The molecule has 0 saturated carbocycles. The molecule has 10 atom stereocenters. The van der Waals surface area contributed by atoms with Gasteiger partial charge in [-0.2, -0.15) is 0 Å². The van der Waals surface area contributed by atoms with E-state index in [1.807, 2.05) is 58.3 Å². The van der Waals surface area contributed by atoms with Crippen LogP contribution in [0.2, 0.25) is 0 Å². The lowest BCUT2D eigenvalue weighted by atomic mass is 9.50. The fourth-order valence-corrected chi connectivity index (χ4v) is 13.7. The third-order valence-electron chi connectivity index (χ3n) is 16.9. The maximum atomic E-state index is 17.8. The van der Waals surface area contributed by atoms with Gasteiger partial charge in [0.15, 0.2) is 17.3 Å². The number of nitrogens with one attached hydrogen (secondary N) is 2. The minimum Gasteiger partial charge on any atom is -0.394 e. The summed E-state index contributed by atoms with van der Waals surface area (Å²) in [6.07, 6.45) is 2.81. The first kappa shape index (κ1) is 51.8. The summed E-state index contributed by atoms with van der Waals surface area (Å²) < 4.78 is 44.0. The van der Waals surface area contributed by atoms with Crippen molar-refractivity contribution in [3.63, 3.8) is 0 Å². The molecule has 8 rings (SSSR count). The molecular formula is C57H72F2N4O7. The molecule has 4 saturated heterocycles. The highest BCUT2D eigenvalue weighted by molar-refractivity contribution is 6.02. The number of aliphatic hydroxyl groups is 2. The molecule has 0 spiro atoms. The molecule has 13 heteroatoms. The van der Waals surface area contributed by atoms with Crippen LogP contribution in [-0.4, -0.2) is 141 Å². The molecule has 0 radical (unpaired) electrons. The maximum Gasteiger partial charge on any atom is 0.178 e. The van der Waals surface area contributed by atoms with Crippen molar-refractivity contribution in [3.05, 3.63) is 142 Å². The molecule has 0 aliphatic carbocycles. The number of Topliss-reactive ketones (excluding diaryl/α,β-unsaturated/α-hetero) is 3. The van der Waals surface area contributed by atoms with Gasteiger partial charge in [-0.25, -0.2) is 8.78 Å². The minimum atomic E-state index is -1.83. The molecule has 4 aliphatic heterocycles. The second-order valence-corrected chi connectivity index (χ2v) is 20.3. The summed E-state index contributed by atoms with van der Waals surface area (Å²) in [7, 11) is 3.15. The Morgan fingerprint density at radius 3 is 1.36 bits per heavy atom. The van der Waals surface area contributed by atoms with Crippen molar-refractivity contribution in [2.45, 2.75) is 62.4 Å². The Hall–Kier alpha value is -4.57. The van der Waals surface area contributed by atoms with Gasteiger partial charge in [0, 0.05) is 75.2 Å². The monoisotopic (exact) mass is 963 g/mol. The summed E-state index contributed by atoms with van der Waals surface area (Å²) in [6.45, 7) is 5.04. The van der Waals surface area contributed by atoms with E-state index >= 15 is 23.2 Å². The lowest BCUT2D eigenvalue weighted by molar-refractivity contribution is -0.183. The Bertz CT molecular complexity index is 2250. The molecule has 0 unspecified atom stereocenters. The van der Waals surface area contributed by atoms with Crippen LogP contribution in [0.1, 0.15) is 80.5 Å². The summed E-state index contributed by atoms with van der Waals surface area (Å²) in [5, 5.41) is 32.9. The standard InChI is InChI=1S/C57H72F2N4O7/c1-37-43(21-11-23-47(37)58)49-45(53(66)39-15-7-5-8-16-39)33-62(27-29-69-3)56(35-64,51(49)41-19-13-25-60-31-41)55(68)57(36-65)52(42-20-14-26-61-32-42)50(44-22-12-24-48(59)38(44)2)46(34-63(57)28-30-70-4)54(67)40-17-9-6-10-18-40/h5-12,15-18,21-24,41-42,45-46,49-52,60-61,64-65H,13-14,19-20,25-36H2,1-4H3/t41-,42+,45-,46-,49+,50+,51-,52-,56-,57-/m0/s1. The third-order valence-corrected chi connectivity index (χ3v) is 16.9. The Kier molecular flexibility index (Phi) is 16.9. The zero-order chi connectivity index (χ0) is 49.6. The van der Waals surface area contributed by atoms with Gasteiger partial charge in [-0.05, 0) is 124 Å². The molecule has 376 valence electrons. The highest BCUT2D eigenvalue weighted by atomic mass is 19.1. The first-order valence-corrected chi connectivity index (χ1v) is 25.3. The zero-order valence-corrected chi connectivity index (χ0v) is 41.3. The molecule has 0 aromatic heterocycles. The van der Waals surface area contributed by atoms with Crippen molar-refractivity contribution in [1.29, 1.82) is 0 Å². The van der Waals surface area contributed by atoms with Gasteiger partial charge in [0.05, 0.1) is 26.4 Å². The van der Waals surface area contributed by atoms with Crippen LogP contribution in [0.15, 0.2) is 97.1 Å². The van der Waals surface area contributed by atoms with E-state index in [0.29, 0.717) is 59.3 Å². The predicted molar refractivity (Wildman–Crippen MR) is 266 cm³/mol. The van der Waals surface area contributed by atoms with E-state index in [1.54, 1.807) is 64.5 Å². The molecule has 4 aromatic rings. The number of carbonyl (C=O) groups excluding carboxylic acids is 3. The Labute approximate surface area is 412 Å². The van der Waals surface area contributed by atoms with Gasteiger partial charge in [0.2, 0.25) is 0 Å².